The topological polar surface area (TPSA) is 65.0 Å². The third-order valence-electron chi connectivity index (χ3n) is 5.04. The van der Waals surface area contributed by atoms with Gasteiger partial charge in [-0.15, -0.1) is 0 Å². The summed E-state index contributed by atoms with van der Waals surface area (Å²) in [4.78, 5) is 9.08. The van der Waals surface area contributed by atoms with Crippen molar-refractivity contribution >= 4 is 21.5 Å². The fourth-order valence-corrected chi connectivity index (χ4v) is 4.57. The number of hydrogen-bond donors (Lipinski definition) is 1. The molecule has 0 aromatic heterocycles. The van der Waals surface area contributed by atoms with E-state index in [1.807, 2.05) is 13.0 Å². The zero-order valence-corrected chi connectivity index (χ0v) is 17.9. The number of unbranched alkanes of at least 4 members (excludes halogenated alkanes) is 1. The Labute approximate surface area is 164 Å². The molecule has 0 amide bonds. The molecule has 0 aliphatic carbocycles. The van der Waals surface area contributed by atoms with Gasteiger partial charge in [-0.1, -0.05) is 18.2 Å². The molecular formula is C20H34N4O2S. The highest BCUT2D eigenvalue weighted by Gasteiger charge is 2.40. The van der Waals surface area contributed by atoms with Crippen LogP contribution in [0.3, 0.4) is 0 Å². The standard InChI is InChI=1S/C20H34N4O2S/c1-5-21-19(24-15-16-27(25,26)20(2,3)17-24)22-13-9-10-14-23(4)18-11-7-6-8-12-18/h6-8,11-12H,5,9-10,13-17H2,1-4H3,(H,21,22). The Kier molecular flexibility index (Phi) is 7.53. The van der Waals surface area contributed by atoms with Gasteiger partial charge in [0, 0.05) is 45.5 Å². The molecule has 1 aromatic rings. The van der Waals surface area contributed by atoms with Gasteiger partial charge in [-0.2, -0.15) is 0 Å². The van der Waals surface area contributed by atoms with Gasteiger partial charge in [-0.25, -0.2) is 8.42 Å². The van der Waals surface area contributed by atoms with Crippen LogP contribution in [-0.4, -0.2) is 69.5 Å². The van der Waals surface area contributed by atoms with E-state index in [4.69, 9.17) is 4.99 Å². The lowest BCUT2D eigenvalue weighted by atomic mass is 10.2. The zero-order chi connectivity index (χ0) is 19.9. The zero-order valence-electron chi connectivity index (χ0n) is 17.1. The Bertz CT molecular complexity index is 717. The maximum absolute atomic E-state index is 12.2. The lowest BCUT2D eigenvalue weighted by Crippen LogP contribution is -2.57. The van der Waals surface area contributed by atoms with Gasteiger partial charge in [0.05, 0.1) is 10.5 Å². The largest absolute Gasteiger partial charge is 0.375 e. The third kappa shape index (κ3) is 5.86. The van der Waals surface area contributed by atoms with Crippen molar-refractivity contribution in [2.45, 2.75) is 38.4 Å². The number of para-hydroxylation sites is 1. The van der Waals surface area contributed by atoms with Crippen molar-refractivity contribution in [1.29, 1.82) is 0 Å². The first kappa shape index (κ1) is 21.5. The summed E-state index contributed by atoms with van der Waals surface area (Å²) in [6, 6.07) is 10.4. The van der Waals surface area contributed by atoms with E-state index in [0.29, 0.717) is 13.1 Å². The minimum atomic E-state index is -3.04. The van der Waals surface area contributed by atoms with Crippen LogP contribution in [0.25, 0.3) is 0 Å². The van der Waals surface area contributed by atoms with Crippen LogP contribution in [0.2, 0.25) is 0 Å². The van der Waals surface area contributed by atoms with Crippen molar-refractivity contribution in [2.75, 3.05) is 50.4 Å². The highest BCUT2D eigenvalue weighted by Crippen LogP contribution is 2.23. The Morgan fingerprint density at radius 2 is 1.96 bits per heavy atom. The molecule has 1 aromatic carbocycles. The Balaban J connectivity index is 1.85. The number of nitrogens with zero attached hydrogens (tertiary/aromatic N) is 3. The number of hydrogen-bond acceptors (Lipinski definition) is 4. The van der Waals surface area contributed by atoms with Crippen molar-refractivity contribution < 1.29 is 8.42 Å². The molecule has 1 aliphatic rings. The second-order valence-electron chi connectivity index (χ2n) is 7.70. The monoisotopic (exact) mass is 394 g/mol. The van der Waals surface area contributed by atoms with E-state index in [1.54, 1.807) is 13.8 Å². The molecular weight excluding hydrogens is 360 g/mol. The predicted molar refractivity (Wildman–Crippen MR) is 114 cm³/mol. The summed E-state index contributed by atoms with van der Waals surface area (Å²) in [5, 5.41) is 3.31. The Morgan fingerprint density at radius 1 is 1.26 bits per heavy atom. The molecule has 1 saturated heterocycles. The van der Waals surface area contributed by atoms with Gasteiger partial charge < -0.3 is 15.1 Å². The molecule has 7 heteroatoms. The SMILES string of the molecule is CCNC(=NCCCCN(C)c1ccccc1)N1CCS(=O)(=O)C(C)(C)C1. The molecule has 0 unspecified atom stereocenters. The minimum Gasteiger partial charge on any atom is -0.375 e. The molecule has 27 heavy (non-hydrogen) atoms. The van der Waals surface area contributed by atoms with Crippen LogP contribution in [-0.2, 0) is 9.84 Å². The van der Waals surface area contributed by atoms with Crippen LogP contribution in [0.15, 0.2) is 35.3 Å². The van der Waals surface area contributed by atoms with Crippen molar-refractivity contribution in [3.63, 3.8) is 0 Å². The number of anilines is 1. The van der Waals surface area contributed by atoms with Crippen LogP contribution in [0.1, 0.15) is 33.6 Å². The van der Waals surface area contributed by atoms with Crippen molar-refractivity contribution in [3.05, 3.63) is 30.3 Å². The summed E-state index contributed by atoms with van der Waals surface area (Å²) in [5.74, 6) is 1.02. The van der Waals surface area contributed by atoms with E-state index >= 15 is 0 Å². The third-order valence-corrected chi connectivity index (χ3v) is 7.57. The smallest absolute Gasteiger partial charge is 0.193 e. The fourth-order valence-electron chi connectivity index (χ4n) is 3.21. The van der Waals surface area contributed by atoms with Gasteiger partial charge in [0.2, 0.25) is 0 Å². The summed E-state index contributed by atoms with van der Waals surface area (Å²) < 4.78 is 23.7. The normalized spacial score (nSPS) is 19.0. The summed E-state index contributed by atoms with van der Waals surface area (Å²) in [6.45, 7) is 9.15. The van der Waals surface area contributed by atoms with Crippen LogP contribution in [0.4, 0.5) is 5.69 Å². The number of guanidine groups is 1. The highest BCUT2D eigenvalue weighted by atomic mass is 32.2. The second-order valence-corrected chi connectivity index (χ2v) is 10.4. The van der Waals surface area contributed by atoms with Crippen LogP contribution < -0.4 is 10.2 Å². The van der Waals surface area contributed by atoms with E-state index in [1.165, 1.54) is 5.69 Å². The van der Waals surface area contributed by atoms with Gasteiger partial charge in [-0.3, -0.25) is 4.99 Å². The average Bonchev–Trinajstić information content (AvgIpc) is 2.63. The highest BCUT2D eigenvalue weighted by molar-refractivity contribution is 7.92. The first-order chi connectivity index (χ1) is 12.8. The molecule has 0 saturated carbocycles. The lowest BCUT2D eigenvalue weighted by Gasteiger charge is -2.39. The molecule has 6 nitrogen and oxygen atoms in total. The summed E-state index contributed by atoms with van der Waals surface area (Å²) >= 11 is 0. The van der Waals surface area contributed by atoms with E-state index in [-0.39, 0.29) is 5.75 Å². The molecule has 0 radical (unpaired) electrons. The van der Waals surface area contributed by atoms with Gasteiger partial charge in [-0.05, 0) is 45.7 Å². The maximum Gasteiger partial charge on any atom is 0.193 e. The van der Waals surface area contributed by atoms with Crippen molar-refractivity contribution in [2.24, 2.45) is 4.99 Å². The van der Waals surface area contributed by atoms with Gasteiger partial charge in [0.25, 0.3) is 0 Å². The maximum atomic E-state index is 12.2. The summed E-state index contributed by atoms with van der Waals surface area (Å²) in [5.41, 5.74) is 1.23. The second kappa shape index (κ2) is 9.44. The first-order valence-electron chi connectivity index (χ1n) is 9.78. The molecule has 0 spiro atoms. The van der Waals surface area contributed by atoms with E-state index in [0.717, 1.165) is 38.4 Å². The van der Waals surface area contributed by atoms with Gasteiger partial charge in [0.15, 0.2) is 15.8 Å². The Morgan fingerprint density at radius 3 is 2.59 bits per heavy atom. The molecule has 152 valence electrons. The van der Waals surface area contributed by atoms with Crippen LogP contribution >= 0.6 is 0 Å². The summed E-state index contributed by atoms with van der Waals surface area (Å²) in [6.07, 6.45) is 2.07. The molecule has 1 N–H and O–H groups in total. The predicted octanol–water partition coefficient (Wildman–Crippen LogP) is 2.38. The first-order valence-corrected chi connectivity index (χ1v) is 11.4. The lowest BCUT2D eigenvalue weighted by molar-refractivity contribution is 0.353. The van der Waals surface area contributed by atoms with Crippen LogP contribution in [0.5, 0.6) is 0 Å². The number of rotatable bonds is 7. The summed E-state index contributed by atoms with van der Waals surface area (Å²) in [7, 11) is -0.927. The number of nitrogens with one attached hydrogen (secondary N) is 1. The Hall–Kier alpha value is -1.76. The van der Waals surface area contributed by atoms with Gasteiger partial charge in [0.1, 0.15) is 0 Å². The van der Waals surface area contributed by atoms with Crippen LogP contribution in [0, 0.1) is 0 Å². The average molecular weight is 395 g/mol. The van der Waals surface area contributed by atoms with Crippen molar-refractivity contribution in [1.82, 2.24) is 10.2 Å². The van der Waals surface area contributed by atoms with Gasteiger partial charge >= 0.3 is 0 Å². The number of benzene rings is 1. The quantitative estimate of drug-likeness (QED) is 0.437. The van der Waals surface area contributed by atoms with E-state index in [9.17, 15) is 8.42 Å². The van der Waals surface area contributed by atoms with Crippen molar-refractivity contribution in [3.8, 4) is 0 Å². The minimum absolute atomic E-state index is 0.187. The number of aliphatic imine (C=N–C) groups is 1. The molecule has 1 heterocycles. The number of sulfone groups is 1. The molecule has 0 atom stereocenters. The molecule has 2 rings (SSSR count). The fraction of sp³-hybridized carbons (Fsp3) is 0.650. The van der Waals surface area contributed by atoms with E-state index in [2.05, 4.69) is 46.4 Å². The molecule has 1 fully saturated rings. The molecule has 1 aliphatic heterocycles. The molecule has 0 bridgehead atoms. The van der Waals surface area contributed by atoms with E-state index < -0.39 is 14.6 Å².